The monoisotopic (exact) mass is 342 g/mol. The Morgan fingerprint density at radius 2 is 2.23 bits per heavy atom. The van der Waals surface area contributed by atoms with Crippen LogP contribution in [0.15, 0.2) is 39.2 Å². The highest BCUT2D eigenvalue weighted by atomic mass is 32.2. The standard InChI is InChI=1S/C13H14N2O5S2/c14-22(17,18)11-3-7-21-12(11)13(16)15-4-6-20-10(8-15)9-2-1-5-19-9/h1-3,5,7,10H,4,6,8H2,(H2,14,17,18). The lowest BCUT2D eigenvalue weighted by molar-refractivity contribution is -0.0320. The molecule has 1 unspecified atom stereocenters. The van der Waals surface area contributed by atoms with Crippen molar-refractivity contribution >= 4 is 27.3 Å². The number of morpholine rings is 1. The number of primary sulfonamides is 1. The van der Waals surface area contributed by atoms with Crippen LogP contribution in [0.25, 0.3) is 0 Å². The van der Waals surface area contributed by atoms with Crippen molar-refractivity contribution in [3.63, 3.8) is 0 Å². The summed E-state index contributed by atoms with van der Waals surface area (Å²) in [5.74, 6) is 0.272. The van der Waals surface area contributed by atoms with Gasteiger partial charge in [-0.25, -0.2) is 13.6 Å². The highest BCUT2D eigenvalue weighted by Crippen LogP contribution is 2.27. The molecule has 2 N–H and O–H groups in total. The maximum Gasteiger partial charge on any atom is 0.265 e. The smallest absolute Gasteiger partial charge is 0.265 e. The topological polar surface area (TPSA) is 103 Å². The summed E-state index contributed by atoms with van der Waals surface area (Å²) in [5.41, 5.74) is 0. The number of furan rings is 1. The van der Waals surface area contributed by atoms with Crippen molar-refractivity contribution in [2.75, 3.05) is 19.7 Å². The predicted molar refractivity (Wildman–Crippen MR) is 79.0 cm³/mol. The lowest BCUT2D eigenvalue weighted by atomic mass is 10.2. The first-order chi connectivity index (χ1) is 10.5. The molecule has 9 heteroatoms. The largest absolute Gasteiger partial charge is 0.467 e. The summed E-state index contributed by atoms with van der Waals surface area (Å²) in [4.78, 5) is 14.1. The van der Waals surface area contributed by atoms with Crippen molar-refractivity contribution in [1.29, 1.82) is 0 Å². The summed E-state index contributed by atoms with van der Waals surface area (Å²) < 4.78 is 33.9. The minimum Gasteiger partial charge on any atom is -0.467 e. The minimum atomic E-state index is -3.92. The Morgan fingerprint density at radius 3 is 2.91 bits per heavy atom. The van der Waals surface area contributed by atoms with Gasteiger partial charge in [0.2, 0.25) is 10.0 Å². The molecule has 0 saturated carbocycles. The quantitative estimate of drug-likeness (QED) is 0.903. The van der Waals surface area contributed by atoms with Gasteiger partial charge in [-0.3, -0.25) is 4.79 Å². The van der Waals surface area contributed by atoms with Crippen molar-refractivity contribution in [2.45, 2.75) is 11.0 Å². The molecular weight excluding hydrogens is 328 g/mol. The Balaban J connectivity index is 1.82. The molecule has 0 aliphatic carbocycles. The Morgan fingerprint density at radius 1 is 1.41 bits per heavy atom. The second-order valence-electron chi connectivity index (χ2n) is 4.79. The van der Waals surface area contributed by atoms with Crippen LogP contribution in [0.1, 0.15) is 21.5 Å². The number of hydrogen-bond acceptors (Lipinski definition) is 6. The molecule has 0 bridgehead atoms. The zero-order valence-electron chi connectivity index (χ0n) is 11.5. The van der Waals surface area contributed by atoms with Crippen LogP contribution in [0, 0.1) is 0 Å². The molecule has 3 heterocycles. The van der Waals surface area contributed by atoms with E-state index in [1.807, 2.05) is 0 Å². The number of ether oxygens (including phenoxy) is 1. The third kappa shape index (κ3) is 2.93. The molecule has 0 radical (unpaired) electrons. The van der Waals surface area contributed by atoms with Gasteiger partial charge in [-0.1, -0.05) is 0 Å². The number of thiophene rings is 1. The van der Waals surface area contributed by atoms with E-state index in [4.69, 9.17) is 14.3 Å². The molecule has 22 heavy (non-hydrogen) atoms. The Hall–Kier alpha value is -1.68. The fraction of sp³-hybridized carbons (Fsp3) is 0.308. The van der Waals surface area contributed by atoms with E-state index in [0.29, 0.717) is 25.5 Å². The molecule has 1 atom stereocenters. The summed E-state index contributed by atoms with van der Waals surface area (Å²) in [7, 11) is -3.92. The molecule has 1 aliphatic rings. The lowest BCUT2D eigenvalue weighted by Crippen LogP contribution is -2.42. The predicted octanol–water partition coefficient (Wildman–Crippen LogP) is 1.20. The van der Waals surface area contributed by atoms with E-state index in [9.17, 15) is 13.2 Å². The number of sulfonamides is 1. The van der Waals surface area contributed by atoms with E-state index in [1.54, 1.807) is 17.0 Å². The Labute approximate surface area is 131 Å². The fourth-order valence-corrected chi connectivity index (χ4v) is 4.24. The molecule has 2 aromatic rings. The molecule has 1 saturated heterocycles. The average Bonchev–Trinajstić information content (AvgIpc) is 3.17. The highest BCUT2D eigenvalue weighted by Gasteiger charge is 2.31. The van der Waals surface area contributed by atoms with Gasteiger partial charge in [-0.15, -0.1) is 11.3 Å². The number of nitrogens with two attached hydrogens (primary N) is 1. The molecule has 118 valence electrons. The van der Waals surface area contributed by atoms with Crippen LogP contribution in [0.4, 0.5) is 0 Å². The van der Waals surface area contributed by atoms with Crippen molar-refractivity contribution < 1.29 is 22.4 Å². The summed E-state index contributed by atoms with van der Waals surface area (Å²) in [6, 6.07) is 4.87. The molecule has 2 aromatic heterocycles. The minimum absolute atomic E-state index is 0.127. The van der Waals surface area contributed by atoms with Crippen molar-refractivity contribution in [1.82, 2.24) is 4.90 Å². The summed E-state index contributed by atoms with van der Waals surface area (Å²) in [6.45, 7) is 1.04. The van der Waals surface area contributed by atoms with Gasteiger partial charge in [0.1, 0.15) is 21.6 Å². The van der Waals surface area contributed by atoms with E-state index < -0.39 is 10.0 Å². The highest BCUT2D eigenvalue weighted by molar-refractivity contribution is 7.89. The second kappa shape index (κ2) is 5.84. The maximum atomic E-state index is 12.6. The zero-order valence-corrected chi connectivity index (χ0v) is 13.1. The zero-order chi connectivity index (χ0) is 15.7. The molecule has 3 rings (SSSR count). The molecule has 1 fully saturated rings. The molecular formula is C13H14N2O5S2. The van der Waals surface area contributed by atoms with Gasteiger partial charge >= 0.3 is 0 Å². The summed E-state index contributed by atoms with van der Waals surface area (Å²) >= 11 is 1.06. The summed E-state index contributed by atoms with van der Waals surface area (Å²) in [5, 5.41) is 6.68. The van der Waals surface area contributed by atoms with E-state index in [2.05, 4.69) is 0 Å². The second-order valence-corrected chi connectivity index (χ2v) is 7.23. The van der Waals surface area contributed by atoms with Crippen molar-refractivity contribution in [3.8, 4) is 0 Å². The first-order valence-corrected chi connectivity index (χ1v) is 8.94. The van der Waals surface area contributed by atoms with Crippen LogP contribution in [0.3, 0.4) is 0 Å². The van der Waals surface area contributed by atoms with Crippen LogP contribution in [-0.4, -0.2) is 38.9 Å². The summed E-state index contributed by atoms with van der Waals surface area (Å²) in [6.07, 6.45) is 1.18. The third-order valence-corrected chi connectivity index (χ3v) is 5.33. The number of amides is 1. The van der Waals surface area contributed by atoms with Crippen molar-refractivity contribution in [3.05, 3.63) is 40.5 Å². The Bertz CT molecular complexity index is 766. The van der Waals surface area contributed by atoms with Gasteiger partial charge in [0, 0.05) is 6.54 Å². The number of nitrogens with zero attached hydrogens (tertiary/aromatic N) is 1. The number of rotatable bonds is 3. The van der Waals surface area contributed by atoms with E-state index in [1.165, 1.54) is 17.7 Å². The lowest BCUT2D eigenvalue weighted by Gasteiger charge is -2.31. The molecule has 0 aromatic carbocycles. The molecule has 7 nitrogen and oxygen atoms in total. The normalized spacial score (nSPS) is 19.3. The van der Waals surface area contributed by atoms with Gasteiger partial charge < -0.3 is 14.1 Å². The van der Waals surface area contributed by atoms with E-state index in [0.717, 1.165) is 11.3 Å². The maximum absolute atomic E-state index is 12.6. The molecule has 1 amide bonds. The van der Waals surface area contributed by atoms with Gasteiger partial charge in [0.05, 0.1) is 19.4 Å². The van der Waals surface area contributed by atoms with Crippen LogP contribution >= 0.6 is 11.3 Å². The van der Waals surface area contributed by atoms with Crippen LogP contribution in [-0.2, 0) is 14.8 Å². The average molecular weight is 342 g/mol. The Kier molecular flexibility index (Phi) is 4.04. The molecule has 1 aliphatic heterocycles. The number of hydrogen-bond donors (Lipinski definition) is 1. The van der Waals surface area contributed by atoms with E-state index >= 15 is 0 Å². The van der Waals surface area contributed by atoms with E-state index in [-0.39, 0.29) is 21.8 Å². The third-order valence-electron chi connectivity index (χ3n) is 3.34. The van der Waals surface area contributed by atoms with Gasteiger partial charge in [-0.05, 0) is 23.6 Å². The molecule has 0 spiro atoms. The first-order valence-electron chi connectivity index (χ1n) is 6.51. The van der Waals surface area contributed by atoms with Crippen LogP contribution in [0.2, 0.25) is 0 Å². The van der Waals surface area contributed by atoms with Gasteiger partial charge in [-0.2, -0.15) is 0 Å². The van der Waals surface area contributed by atoms with Crippen LogP contribution in [0.5, 0.6) is 0 Å². The SMILES string of the molecule is NS(=O)(=O)c1ccsc1C(=O)N1CCOC(c2ccco2)C1. The number of carbonyl (C=O) groups is 1. The first kappa shape index (κ1) is 15.2. The van der Waals surface area contributed by atoms with Gasteiger partial charge in [0.15, 0.2) is 0 Å². The van der Waals surface area contributed by atoms with Crippen molar-refractivity contribution in [2.24, 2.45) is 5.14 Å². The van der Waals surface area contributed by atoms with Crippen LogP contribution < -0.4 is 5.14 Å². The number of carbonyl (C=O) groups excluding carboxylic acids is 1. The fourth-order valence-electron chi connectivity index (χ4n) is 2.30. The van der Waals surface area contributed by atoms with Gasteiger partial charge in [0.25, 0.3) is 5.91 Å².